The van der Waals surface area contributed by atoms with E-state index in [-0.39, 0.29) is 0 Å². The number of nitrogens with zero attached hydrogens (tertiary/aromatic N) is 2. The highest BCUT2D eigenvalue weighted by atomic mass is 16.3. The molecular formula is C15H20N4O4. The molecule has 0 bridgehead atoms. The molecule has 0 aromatic heterocycles. The van der Waals surface area contributed by atoms with Crippen molar-refractivity contribution in [1.82, 2.24) is 0 Å². The summed E-state index contributed by atoms with van der Waals surface area (Å²) < 4.78 is 0. The number of hydrogen-bond acceptors (Lipinski definition) is 6. The van der Waals surface area contributed by atoms with Crippen LogP contribution in [0.25, 0.3) is 0 Å². The van der Waals surface area contributed by atoms with Gasteiger partial charge in [0.2, 0.25) is 5.54 Å². The molecule has 8 heteroatoms. The number of para-hydroxylation sites is 2. The predicted octanol–water partition coefficient (Wildman–Crippen LogP) is -1.40. The third-order valence-electron chi connectivity index (χ3n) is 4.10. The van der Waals surface area contributed by atoms with Gasteiger partial charge in [0.15, 0.2) is 5.78 Å². The Morgan fingerprint density at radius 2 is 1.52 bits per heavy atom. The molecule has 8 nitrogen and oxygen atoms in total. The fourth-order valence-electron chi connectivity index (χ4n) is 2.56. The monoisotopic (exact) mass is 320 g/mol. The number of anilines is 2. The number of likely N-dealkylation sites (N-methyl/N-ethyl adjacent to an activating group) is 2. The minimum atomic E-state index is -2.49. The van der Waals surface area contributed by atoms with E-state index in [9.17, 15) is 19.5 Å². The number of aliphatic hydroxyl groups is 1. The Bertz CT molecular complexity index is 632. The Kier molecular flexibility index (Phi) is 4.25. The molecule has 1 aromatic rings. The van der Waals surface area contributed by atoms with Crippen molar-refractivity contribution in [3.8, 4) is 0 Å². The Morgan fingerprint density at radius 1 is 1.13 bits per heavy atom. The summed E-state index contributed by atoms with van der Waals surface area (Å²) in [6.45, 7) is 1.29. The van der Waals surface area contributed by atoms with Gasteiger partial charge in [0.25, 0.3) is 11.8 Å². The van der Waals surface area contributed by atoms with Gasteiger partial charge in [-0.2, -0.15) is 0 Å². The number of hydrogen-bond donors (Lipinski definition) is 3. The molecule has 0 saturated heterocycles. The van der Waals surface area contributed by atoms with E-state index < -0.39 is 35.3 Å². The van der Waals surface area contributed by atoms with Crippen molar-refractivity contribution in [2.75, 3.05) is 23.9 Å². The summed E-state index contributed by atoms with van der Waals surface area (Å²) in [5.74, 6) is -2.80. The van der Waals surface area contributed by atoms with Gasteiger partial charge in [0, 0.05) is 14.1 Å². The van der Waals surface area contributed by atoms with Crippen LogP contribution in [0.1, 0.15) is 6.92 Å². The Balaban J connectivity index is 2.62. The zero-order valence-electron chi connectivity index (χ0n) is 13.2. The number of nitrogens with two attached hydrogens (primary N) is 2. The zero-order chi connectivity index (χ0) is 17.5. The summed E-state index contributed by atoms with van der Waals surface area (Å²) in [6, 6.07) is 5.24. The van der Waals surface area contributed by atoms with E-state index in [1.165, 1.54) is 21.0 Å². The maximum absolute atomic E-state index is 12.7. The summed E-state index contributed by atoms with van der Waals surface area (Å²) in [7, 11) is 2.85. The highest BCUT2D eigenvalue weighted by Gasteiger charge is 2.56. The standard InChI is InChI=1S/C15H20N4O4/c1-8(20)11(16)12(21)15(17)13(22)18(2)9-6-4-5-7-10(9)19(3)14(15)23/h4-8,11,20H,16-17H2,1-3H3/t8-,11+/m1/s1. The van der Waals surface area contributed by atoms with E-state index in [1.54, 1.807) is 24.3 Å². The third-order valence-corrected chi connectivity index (χ3v) is 4.10. The Hall–Kier alpha value is -2.29. The molecule has 23 heavy (non-hydrogen) atoms. The number of fused-ring (bicyclic) bond motifs is 1. The van der Waals surface area contributed by atoms with Crippen molar-refractivity contribution in [3.05, 3.63) is 24.3 Å². The quantitative estimate of drug-likeness (QED) is 0.587. The Labute approximate surface area is 133 Å². The molecule has 1 aromatic carbocycles. The lowest BCUT2D eigenvalue weighted by atomic mass is 9.86. The highest BCUT2D eigenvalue weighted by Crippen LogP contribution is 2.34. The number of aliphatic hydroxyl groups excluding tert-OH is 1. The molecule has 124 valence electrons. The van der Waals surface area contributed by atoms with Gasteiger partial charge in [0.05, 0.1) is 23.5 Å². The van der Waals surface area contributed by atoms with Gasteiger partial charge in [-0.25, -0.2) is 0 Å². The molecule has 0 unspecified atom stereocenters. The lowest BCUT2D eigenvalue weighted by Gasteiger charge is -2.30. The summed E-state index contributed by atoms with van der Waals surface area (Å²) in [5.41, 5.74) is 9.99. The topological polar surface area (TPSA) is 130 Å². The zero-order valence-corrected chi connectivity index (χ0v) is 13.2. The van der Waals surface area contributed by atoms with Gasteiger partial charge in [-0.3, -0.25) is 14.4 Å². The van der Waals surface area contributed by atoms with Crippen LogP contribution in [0.5, 0.6) is 0 Å². The highest BCUT2D eigenvalue weighted by molar-refractivity contribution is 6.36. The number of Topliss-reactive ketones (excluding diaryl/α,β-unsaturated/α-hetero) is 1. The van der Waals surface area contributed by atoms with Crippen molar-refractivity contribution in [2.24, 2.45) is 11.5 Å². The van der Waals surface area contributed by atoms with Gasteiger partial charge in [-0.1, -0.05) is 12.1 Å². The molecule has 0 spiro atoms. The SMILES string of the molecule is C[C@@H](O)[C@H](N)C(=O)C1(N)C(=O)N(C)c2ccccc2N(C)C1=O. The fraction of sp³-hybridized carbons (Fsp3) is 0.400. The molecule has 0 aliphatic carbocycles. The fourth-order valence-corrected chi connectivity index (χ4v) is 2.56. The molecule has 2 amide bonds. The average molecular weight is 320 g/mol. The van der Waals surface area contributed by atoms with Crippen LogP contribution < -0.4 is 21.3 Å². The maximum atomic E-state index is 12.7. The molecule has 2 atom stereocenters. The lowest BCUT2D eigenvalue weighted by molar-refractivity contribution is -0.143. The predicted molar refractivity (Wildman–Crippen MR) is 84.8 cm³/mol. The molecule has 1 aliphatic heterocycles. The van der Waals surface area contributed by atoms with Gasteiger partial charge >= 0.3 is 0 Å². The smallest absolute Gasteiger partial charge is 0.264 e. The van der Waals surface area contributed by atoms with Crippen LogP contribution in [0.15, 0.2) is 24.3 Å². The van der Waals surface area contributed by atoms with Gasteiger partial charge in [-0.15, -0.1) is 0 Å². The molecule has 0 saturated carbocycles. The van der Waals surface area contributed by atoms with E-state index in [2.05, 4.69) is 0 Å². The van der Waals surface area contributed by atoms with E-state index in [4.69, 9.17) is 11.5 Å². The van der Waals surface area contributed by atoms with Crippen molar-refractivity contribution >= 4 is 29.0 Å². The van der Waals surface area contributed by atoms with Crippen LogP contribution in [0.4, 0.5) is 11.4 Å². The summed E-state index contributed by atoms with van der Waals surface area (Å²) in [6.07, 6.45) is -1.25. The molecule has 1 heterocycles. The van der Waals surface area contributed by atoms with Crippen LogP contribution >= 0.6 is 0 Å². The summed E-state index contributed by atoms with van der Waals surface area (Å²) in [4.78, 5) is 40.4. The van der Waals surface area contributed by atoms with E-state index in [1.807, 2.05) is 0 Å². The molecule has 5 N–H and O–H groups in total. The molecule has 2 rings (SSSR count). The number of benzene rings is 1. The first kappa shape index (κ1) is 17.1. The number of carbonyl (C=O) groups excluding carboxylic acids is 3. The normalized spacial score (nSPS) is 19.9. The van der Waals surface area contributed by atoms with E-state index >= 15 is 0 Å². The van der Waals surface area contributed by atoms with E-state index in [0.717, 1.165) is 9.80 Å². The van der Waals surface area contributed by atoms with Crippen molar-refractivity contribution in [1.29, 1.82) is 0 Å². The van der Waals surface area contributed by atoms with Crippen LogP contribution in [-0.2, 0) is 14.4 Å². The van der Waals surface area contributed by atoms with Gasteiger partial charge in [-0.05, 0) is 19.1 Å². The van der Waals surface area contributed by atoms with Crippen molar-refractivity contribution in [3.63, 3.8) is 0 Å². The molecule has 0 fully saturated rings. The first-order chi connectivity index (χ1) is 10.6. The molecular weight excluding hydrogens is 300 g/mol. The maximum Gasteiger partial charge on any atom is 0.264 e. The van der Waals surface area contributed by atoms with Crippen LogP contribution in [-0.4, -0.2) is 54.5 Å². The van der Waals surface area contributed by atoms with Crippen LogP contribution in [0.2, 0.25) is 0 Å². The lowest BCUT2D eigenvalue weighted by Crippen LogP contribution is -2.71. The average Bonchev–Trinajstić information content (AvgIpc) is 2.60. The van der Waals surface area contributed by atoms with Crippen molar-refractivity contribution in [2.45, 2.75) is 24.6 Å². The second-order valence-electron chi connectivity index (χ2n) is 5.66. The van der Waals surface area contributed by atoms with Gasteiger partial charge < -0.3 is 26.4 Å². The number of carbonyl (C=O) groups is 3. The number of amides is 2. The summed E-state index contributed by atoms with van der Waals surface area (Å²) in [5, 5.41) is 9.53. The third kappa shape index (κ3) is 2.40. The first-order valence-corrected chi connectivity index (χ1v) is 7.06. The molecule has 1 aliphatic rings. The van der Waals surface area contributed by atoms with E-state index in [0.29, 0.717) is 11.4 Å². The Morgan fingerprint density at radius 3 is 1.87 bits per heavy atom. The van der Waals surface area contributed by atoms with Crippen LogP contribution in [0, 0.1) is 0 Å². The van der Waals surface area contributed by atoms with Gasteiger partial charge in [0.1, 0.15) is 0 Å². The second kappa shape index (κ2) is 5.73. The van der Waals surface area contributed by atoms with Crippen LogP contribution in [0.3, 0.4) is 0 Å². The number of ketones is 1. The largest absolute Gasteiger partial charge is 0.391 e. The first-order valence-electron chi connectivity index (χ1n) is 7.06. The summed E-state index contributed by atoms with van der Waals surface area (Å²) >= 11 is 0. The molecule has 0 radical (unpaired) electrons. The second-order valence-corrected chi connectivity index (χ2v) is 5.66. The van der Waals surface area contributed by atoms with Crippen molar-refractivity contribution < 1.29 is 19.5 Å². The minimum Gasteiger partial charge on any atom is -0.391 e. The number of rotatable bonds is 3. The minimum absolute atomic E-state index is 0.444.